The average Bonchev–Trinajstić information content (AvgIpc) is 2.03. The van der Waals surface area contributed by atoms with Crippen LogP contribution in [-0.2, 0) is 0 Å². The maximum Gasteiger partial charge on any atom is 0.151 e. The molecular formula is C9H10ClNOS. The predicted octanol–water partition coefficient (Wildman–Crippen LogP) is 2.72. The first kappa shape index (κ1) is 10.6. The standard InChI is InChI=1S/C9H10ClNOS/c1-11(2)13-8-4-3-7(6-12)9(10)5-8/h3-6H,1-2H3. The minimum absolute atomic E-state index is 0.502. The van der Waals surface area contributed by atoms with Crippen molar-refractivity contribution in [2.75, 3.05) is 14.1 Å². The molecule has 0 spiro atoms. The SMILES string of the molecule is CN(C)Sc1ccc(C=O)c(Cl)c1. The topological polar surface area (TPSA) is 20.3 Å². The van der Waals surface area contributed by atoms with Gasteiger partial charge in [0.2, 0.25) is 0 Å². The van der Waals surface area contributed by atoms with E-state index in [-0.39, 0.29) is 0 Å². The molecule has 0 aliphatic heterocycles. The van der Waals surface area contributed by atoms with Crippen LogP contribution in [0, 0.1) is 0 Å². The third-order valence-corrected chi connectivity index (χ3v) is 2.54. The second-order valence-electron chi connectivity index (χ2n) is 2.70. The molecule has 1 rings (SSSR count). The fourth-order valence-corrected chi connectivity index (χ4v) is 1.88. The molecular weight excluding hydrogens is 206 g/mol. The summed E-state index contributed by atoms with van der Waals surface area (Å²) >= 11 is 7.41. The van der Waals surface area contributed by atoms with Crippen molar-refractivity contribution in [3.8, 4) is 0 Å². The molecule has 0 unspecified atom stereocenters. The highest BCUT2D eigenvalue weighted by Gasteiger charge is 2.01. The van der Waals surface area contributed by atoms with Gasteiger partial charge in [0, 0.05) is 10.5 Å². The number of hydrogen-bond acceptors (Lipinski definition) is 3. The fraction of sp³-hybridized carbons (Fsp3) is 0.222. The molecule has 2 nitrogen and oxygen atoms in total. The molecule has 1 aromatic rings. The largest absolute Gasteiger partial charge is 0.298 e. The summed E-state index contributed by atoms with van der Waals surface area (Å²) in [5.74, 6) is 0. The van der Waals surface area contributed by atoms with E-state index in [1.54, 1.807) is 24.1 Å². The van der Waals surface area contributed by atoms with Crippen LogP contribution in [0.3, 0.4) is 0 Å². The van der Waals surface area contributed by atoms with E-state index >= 15 is 0 Å². The molecule has 0 bridgehead atoms. The molecule has 0 amide bonds. The third kappa shape index (κ3) is 3.03. The molecule has 0 fully saturated rings. The lowest BCUT2D eigenvalue weighted by Crippen LogP contribution is -1.98. The van der Waals surface area contributed by atoms with Gasteiger partial charge in [0.1, 0.15) is 0 Å². The van der Waals surface area contributed by atoms with Gasteiger partial charge >= 0.3 is 0 Å². The molecule has 1 aromatic carbocycles. The zero-order chi connectivity index (χ0) is 9.84. The van der Waals surface area contributed by atoms with Crippen LogP contribution in [-0.4, -0.2) is 24.7 Å². The molecule has 4 heteroatoms. The van der Waals surface area contributed by atoms with Crippen LogP contribution < -0.4 is 0 Å². The van der Waals surface area contributed by atoms with E-state index in [9.17, 15) is 4.79 Å². The number of halogens is 1. The zero-order valence-electron chi connectivity index (χ0n) is 7.45. The Hall–Kier alpha value is -0.510. The highest BCUT2D eigenvalue weighted by molar-refractivity contribution is 7.97. The molecule has 13 heavy (non-hydrogen) atoms. The average molecular weight is 216 g/mol. The zero-order valence-corrected chi connectivity index (χ0v) is 9.02. The van der Waals surface area contributed by atoms with E-state index in [0.29, 0.717) is 10.6 Å². The lowest BCUT2D eigenvalue weighted by atomic mass is 10.2. The Morgan fingerprint density at radius 2 is 2.15 bits per heavy atom. The maximum absolute atomic E-state index is 10.5. The molecule has 0 N–H and O–H groups in total. The monoisotopic (exact) mass is 215 g/mol. The van der Waals surface area contributed by atoms with Crippen molar-refractivity contribution in [1.29, 1.82) is 0 Å². The van der Waals surface area contributed by atoms with Gasteiger partial charge in [-0.05, 0) is 44.2 Å². The molecule has 0 aliphatic rings. The quantitative estimate of drug-likeness (QED) is 0.571. The van der Waals surface area contributed by atoms with E-state index in [4.69, 9.17) is 11.6 Å². The smallest absolute Gasteiger partial charge is 0.151 e. The second kappa shape index (κ2) is 4.65. The highest BCUT2D eigenvalue weighted by atomic mass is 35.5. The summed E-state index contributed by atoms with van der Waals surface area (Å²) in [7, 11) is 3.90. The Labute approximate surface area is 87.0 Å². The fourth-order valence-electron chi connectivity index (χ4n) is 0.871. The van der Waals surface area contributed by atoms with Crippen LogP contribution >= 0.6 is 23.5 Å². The van der Waals surface area contributed by atoms with Gasteiger partial charge in [-0.1, -0.05) is 11.6 Å². The number of nitrogens with zero attached hydrogens (tertiary/aromatic N) is 1. The third-order valence-electron chi connectivity index (χ3n) is 1.39. The predicted molar refractivity (Wildman–Crippen MR) is 56.4 cm³/mol. The van der Waals surface area contributed by atoms with Gasteiger partial charge in [-0.3, -0.25) is 9.10 Å². The van der Waals surface area contributed by atoms with Crippen molar-refractivity contribution in [2.45, 2.75) is 4.90 Å². The number of rotatable bonds is 3. The number of carbonyl (C=O) groups is 1. The van der Waals surface area contributed by atoms with Gasteiger partial charge in [-0.2, -0.15) is 0 Å². The van der Waals surface area contributed by atoms with Crippen molar-refractivity contribution < 1.29 is 4.79 Å². The second-order valence-corrected chi connectivity index (χ2v) is 4.50. The normalized spacial score (nSPS) is 10.5. The van der Waals surface area contributed by atoms with E-state index in [1.165, 1.54) is 0 Å². The summed E-state index contributed by atoms with van der Waals surface area (Å²) in [6, 6.07) is 5.39. The first-order chi connectivity index (χ1) is 6.13. The number of hydrogen-bond donors (Lipinski definition) is 0. The Bertz CT molecular complexity index is 314. The lowest BCUT2D eigenvalue weighted by molar-refractivity contribution is 0.112. The summed E-state index contributed by atoms with van der Waals surface area (Å²) in [6.07, 6.45) is 0.756. The summed E-state index contributed by atoms with van der Waals surface area (Å²) in [6.45, 7) is 0. The van der Waals surface area contributed by atoms with Crippen molar-refractivity contribution in [3.63, 3.8) is 0 Å². The summed E-state index contributed by atoms with van der Waals surface area (Å²) in [5, 5.41) is 0.502. The Balaban J connectivity index is 2.89. The van der Waals surface area contributed by atoms with Crippen LogP contribution in [0.1, 0.15) is 10.4 Å². The van der Waals surface area contributed by atoms with Gasteiger partial charge in [0.05, 0.1) is 5.02 Å². The number of carbonyl (C=O) groups excluding carboxylic acids is 1. The van der Waals surface area contributed by atoms with Gasteiger partial charge < -0.3 is 0 Å². The van der Waals surface area contributed by atoms with Crippen molar-refractivity contribution in [2.24, 2.45) is 0 Å². The Morgan fingerprint density at radius 3 is 2.62 bits per heavy atom. The minimum Gasteiger partial charge on any atom is -0.298 e. The highest BCUT2D eigenvalue weighted by Crippen LogP contribution is 2.24. The molecule has 0 saturated heterocycles. The van der Waals surface area contributed by atoms with Gasteiger partial charge in [-0.25, -0.2) is 0 Å². The van der Waals surface area contributed by atoms with Gasteiger partial charge in [-0.15, -0.1) is 0 Å². The van der Waals surface area contributed by atoms with E-state index in [1.807, 2.05) is 24.5 Å². The van der Waals surface area contributed by atoms with Crippen molar-refractivity contribution in [3.05, 3.63) is 28.8 Å². The van der Waals surface area contributed by atoms with E-state index in [2.05, 4.69) is 0 Å². The maximum atomic E-state index is 10.5. The summed E-state index contributed by atoms with van der Waals surface area (Å²) < 4.78 is 1.96. The molecule has 0 radical (unpaired) electrons. The van der Waals surface area contributed by atoms with Crippen LogP contribution in [0.15, 0.2) is 23.1 Å². The van der Waals surface area contributed by atoms with Crippen molar-refractivity contribution >= 4 is 29.8 Å². The molecule has 0 heterocycles. The Kier molecular flexibility index (Phi) is 3.78. The van der Waals surface area contributed by atoms with Crippen molar-refractivity contribution in [1.82, 2.24) is 4.31 Å². The van der Waals surface area contributed by atoms with Gasteiger partial charge in [0.25, 0.3) is 0 Å². The molecule has 0 saturated carbocycles. The van der Waals surface area contributed by atoms with Crippen LogP contribution in [0.2, 0.25) is 5.02 Å². The molecule has 0 aromatic heterocycles. The van der Waals surface area contributed by atoms with Crippen LogP contribution in [0.5, 0.6) is 0 Å². The Morgan fingerprint density at radius 1 is 1.46 bits per heavy atom. The lowest BCUT2D eigenvalue weighted by Gasteiger charge is -2.08. The number of benzene rings is 1. The minimum atomic E-state index is 0.502. The molecule has 70 valence electrons. The first-order valence-electron chi connectivity index (χ1n) is 3.73. The number of aldehydes is 1. The van der Waals surface area contributed by atoms with E-state index in [0.717, 1.165) is 11.2 Å². The van der Waals surface area contributed by atoms with Crippen LogP contribution in [0.25, 0.3) is 0 Å². The summed E-state index contributed by atoms with van der Waals surface area (Å²) in [4.78, 5) is 11.5. The molecule has 0 aliphatic carbocycles. The summed E-state index contributed by atoms with van der Waals surface area (Å²) in [5.41, 5.74) is 0.532. The van der Waals surface area contributed by atoms with Crippen LogP contribution in [0.4, 0.5) is 0 Å². The van der Waals surface area contributed by atoms with E-state index < -0.39 is 0 Å². The first-order valence-corrected chi connectivity index (χ1v) is 4.88. The molecule has 0 atom stereocenters. The van der Waals surface area contributed by atoms with Gasteiger partial charge in [0.15, 0.2) is 6.29 Å².